The van der Waals surface area contributed by atoms with Gasteiger partial charge in [0, 0.05) is 17.3 Å². The lowest BCUT2D eigenvalue weighted by Crippen LogP contribution is -2.35. The molecule has 17 heavy (non-hydrogen) atoms. The lowest BCUT2D eigenvalue weighted by molar-refractivity contribution is 0.413. The molecule has 0 amide bonds. The van der Waals surface area contributed by atoms with E-state index in [2.05, 4.69) is 43.1 Å². The van der Waals surface area contributed by atoms with E-state index in [1.807, 2.05) is 12.1 Å². The smallest absolute Gasteiger partial charge is 0.118 e. The van der Waals surface area contributed by atoms with Gasteiger partial charge in [-0.25, -0.2) is 0 Å². The summed E-state index contributed by atoms with van der Waals surface area (Å²) in [6.07, 6.45) is 1.28. The van der Waals surface area contributed by atoms with Crippen molar-refractivity contribution in [1.29, 1.82) is 0 Å². The van der Waals surface area contributed by atoms with E-state index < -0.39 is 0 Å². The summed E-state index contributed by atoms with van der Waals surface area (Å²) in [5.74, 6) is 2.21. The molecule has 0 radical (unpaired) electrons. The number of benzene rings is 1. The summed E-state index contributed by atoms with van der Waals surface area (Å²) >= 11 is 2.07. The highest BCUT2D eigenvalue weighted by atomic mass is 32.2. The van der Waals surface area contributed by atoms with Gasteiger partial charge in [-0.05, 0) is 36.8 Å². The molecule has 1 saturated heterocycles. The normalized spacial score (nSPS) is 25.8. The molecule has 0 aliphatic carbocycles. The van der Waals surface area contributed by atoms with Gasteiger partial charge in [-0.2, -0.15) is 11.8 Å². The molecule has 1 aliphatic rings. The van der Waals surface area contributed by atoms with Gasteiger partial charge >= 0.3 is 0 Å². The second kappa shape index (κ2) is 5.78. The number of nitrogens with one attached hydrogen (secondary N) is 1. The van der Waals surface area contributed by atoms with E-state index in [4.69, 9.17) is 4.74 Å². The summed E-state index contributed by atoms with van der Waals surface area (Å²) < 4.78 is 5.18. The van der Waals surface area contributed by atoms with Crippen LogP contribution in [-0.4, -0.2) is 24.2 Å². The summed E-state index contributed by atoms with van der Waals surface area (Å²) in [6.45, 7) is 4.55. The standard InChI is InChI=1S/C14H21NOS/c1-10(15-14-8-9-17-11(14)2)12-4-6-13(16-3)7-5-12/h4-7,10-11,14-15H,8-9H2,1-3H3. The van der Waals surface area contributed by atoms with E-state index in [0.717, 1.165) is 11.0 Å². The Balaban J connectivity index is 1.96. The zero-order valence-electron chi connectivity index (χ0n) is 10.8. The van der Waals surface area contributed by atoms with Crippen LogP contribution < -0.4 is 10.1 Å². The Morgan fingerprint density at radius 1 is 1.35 bits per heavy atom. The van der Waals surface area contributed by atoms with Crippen molar-refractivity contribution in [3.63, 3.8) is 0 Å². The fraction of sp³-hybridized carbons (Fsp3) is 0.571. The van der Waals surface area contributed by atoms with Gasteiger partial charge in [-0.3, -0.25) is 0 Å². The number of rotatable bonds is 4. The monoisotopic (exact) mass is 251 g/mol. The molecule has 0 bridgehead atoms. The predicted molar refractivity (Wildman–Crippen MR) is 74.9 cm³/mol. The minimum Gasteiger partial charge on any atom is -0.497 e. The average Bonchev–Trinajstić information content (AvgIpc) is 2.75. The van der Waals surface area contributed by atoms with Crippen LogP contribution in [0.3, 0.4) is 0 Å². The number of thioether (sulfide) groups is 1. The molecule has 3 unspecified atom stereocenters. The van der Waals surface area contributed by atoms with Crippen molar-refractivity contribution in [3.8, 4) is 5.75 Å². The second-order valence-electron chi connectivity index (χ2n) is 4.63. The first kappa shape index (κ1) is 12.8. The van der Waals surface area contributed by atoms with Crippen molar-refractivity contribution in [2.75, 3.05) is 12.9 Å². The Kier molecular flexibility index (Phi) is 4.35. The third-order valence-electron chi connectivity index (χ3n) is 3.46. The average molecular weight is 251 g/mol. The Morgan fingerprint density at radius 2 is 2.06 bits per heavy atom. The van der Waals surface area contributed by atoms with Crippen LogP contribution in [0.5, 0.6) is 5.75 Å². The van der Waals surface area contributed by atoms with Crippen molar-refractivity contribution in [1.82, 2.24) is 5.32 Å². The molecular weight excluding hydrogens is 230 g/mol. The van der Waals surface area contributed by atoms with Crippen LogP contribution in [0.1, 0.15) is 31.9 Å². The number of methoxy groups -OCH3 is 1. The summed E-state index contributed by atoms with van der Waals surface area (Å²) in [6, 6.07) is 9.40. The molecule has 1 fully saturated rings. The first-order chi connectivity index (χ1) is 8.20. The molecule has 2 nitrogen and oxygen atoms in total. The molecule has 0 saturated carbocycles. The Labute approximate surface area is 108 Å². The molecule has 3 heteroatoms. The van der Waals surface area contributed by atoms with Gasteiger partial charge in [0.1, 0.15) is 5.75 Å². The molecule has 0 aromatic heterocycles. The summed E-state index contributed by atoms with van der Waals surface area (Å²) in [7, 11) is 1.70. The SMILES string of the molecule is COc1ccc(C(C)NC2CCSC2C)cc1. The van der Waals surface area contributed by atoms with Crippen LogP contribution in [0, 0.1) is 0 Å². The van der Waals surface area contributed by atoms with Crippen molar-refractivity contribution in [3.05, 3.63) is 29.8 Å². The molecule has 1 aliphatic heterocycles. The number of hydrogen-bond donors (Lipinski definition) is 1. The quantitative estimate of drug-likeness (QED) is 0.887. The van der Waals surface area contributed by atoms with E-state index >= 15 is 0 Å². The Bertz CT molecular complexity index is 352. The summed E-state index contributed by atoms with van der Waals surface area (Å²) in [4.78, 5) is 0. The molecule has 1 aromatic carbocycles. The van der Waals surface area contributed by atoms with E-state index in [1.165, 1.54) is 17.7 Å². The van der Waals surface area contributed by atoms with Gasteiger partial charge in [0.25, 0.3) is 0 Å². The van der Waals surface area contributed by atoms with E-state index in [9.17, 15) is 0 Å². The Morgan fingerprint density at radius 3 is 2.59 bits per heavy atom. The van der Waals surface area contributed by atoms with Crippen LogP contribution in [0.25, 0.3) is 0 Å². The molecule has 3 atom stereocenters. The topological polar surface area (TPSA) is 21.3 Å². The fourth-order valence-electron chi connectivity index (χ4n) is 2.26. The maximum atomic E-state index is 5.18. The largest absolute Gasteiger partial charge is 0.497 e. The van der Waals surface area contributed by atoms with E-state index in [0.29, 0.717) is 12.1 Å². The minimum absolute atomic E-state index is 0.409. The fourth-order valence-corrected chi connectivity index (χ4v) is 3.47. The molecule has 2 rings (SSSR count). The zero-order valence-corrected chi connectivity index (χ0v) is 11.6. The molecule has 94 valence electrons. The predicted octanol–water partition coefficient (Wildman–Crippen LogP) is 3.24. The summed E-state index contributed by atoms with van der Waals surface area (Å²) in [5.41, 5.74) is 1.33. The highest BCUT2D eigenvalue weighted by Crippen LogP contribution is 2.28. The maximum absolute atomic E-state index is 5.18. The molecule has 1 N–H and O–H groups in total. The van der Waals surface area contributed by atoms with E-state index in [1.54, 1.807) is 7.11 Å². The van der Waals surface area contributed by atoms with Gasteiger partial charge in [0.05, 0.1) is 7.11 Å². The first-order valence-electron chi connectivity index (χ1n) is 6.22. The van der Waals surface area contributed by atoms with Crippen LogP contribution in [0.15, 0.2) is 24.3 Å². The molecular formula is C14H21NOS. The van der Waals surface area contributed by atoms with Crippen LogP contribution in [-0.2, 0) is 0 Å². The molecule has 1 aromatic rings. The maximum Gasteiger partial charge on any atom is 0.118 e. The lowest BCUT2D eigenvalue weighted by Gasteiger charge is -2.22. The summed E-state index contributed by atoms with van der Waals surface area (Å²) in [5, 5.41) is 4.45. The van der Waals surface area contributed by atoms with E-state index in [-0.39, 0.29) is 0 Å². The minimum atomic E-state index is 0.409. The number of hydrogen-bond acceptors (Lipinski definition) is 3. The van der Waals surface area contributed by atoms with Crippen molar-refractivity contribution in [2.24, 2.45) is 0 Å². The van der Waals surface area contributed by atoms with Gasteiger partial charge in [-0.1, -0.05) is 19.1 Å². The van der Waals surface area contributed by atoms with Gasteiger partial charge in [0.2, 0.25) is 0 Å². The first-order valence-corrected chi connectivity index (χ1v) is 7.27. The van der Waals surface area contributed by atoms with Gasteiger partial charge in [0.15, 0.2) is 0 Å². The Hall–Kier alpha value is -0.670. The third-order valence-corrected chi connectivity index (χ3v) is 4.78. The zero-order chi connectivity index (χ0) is 12.3. The van der Waals surface area contributed by atoms with Crippen molar-refractivity contribution in [2.45, 2.75) is 37.6 Å². The van der Waals surface area contributed by atoms with Crippen molar-refractivity contribution < 1.29 is 4.74 Å². The van der Waals surface area contributed by atoms with Crippen molar-refractivity contribution >= 4 is 11.8 Å². The van der Waals surface area contributed by atoms with Gasteiger partial charge < -0.3 is 10.1 Å². The third kappa shape index (κ3) is 3.17. The molecule has 1 heterocycles. The number of ether oxygens (including phenoxy) is 1. The highest BCUT2D eigenvalue weighted by molar-refractivity contribution is 8.00. The van der Waals surface area contributed by atoms with Gasteiger partial charge in [-0.15, -0.1) is 0 Å². The lowest BCUT2D eigenvalue weighted by atomic mass is 10.1. The van der Waals surface area contributed by atoms with Crippen LogP contribution in [0.4, 0.5) is 0 Å². The second-order valence-corrected chi connectivity index (χ2v) is 6.12. The van der Waals surface area contributed by atoms with Crippen LogP contribution in [0.2, 0.25) is 0 Å². The molecule has 0 spiro atoms. The highest BCUT2D eigenvalue weighted by Gasteiger charge is 2.25. The van der Waals surface area contributed by atoms with Crippen LogP contribution >= 0.6 is 11.8 Å².